The molecule has 66 valence electrons. The summed E-state index contributed by atoms with van der Waals surface area (Å²) in [6.07, 6.45) is 3.00. The van der Waals surface area contributed by atoms with Crippen LogP contribution in [0.5, 0.6) is 0 Å². The van der Waals surface area contributed by atoms with Gasteiger partial charge in [0.25, 0.3) is 0 Å². The fourth-order valence-corrected chi connectivity index (χ4v) is 1.90. The van der Waals surface area contributed by atoms with Gasteiger partial charge >= 0.3 is 0 Å². The molecular formula is C9H18O2. The SMILES string of the molecule is CC[C@@H]1[C@H](C)OCC[C@@H]1OC. The van der Waals surface area contributed by atoms with Crippen molar-refractivity contribution in [2.45, 2.75) is 38.9 Å². The van der Waals surface area contributed by atoms with E-state index >= 15 is 0 Å². The van der Waals surface area contributed by atoms with Crippen LogP contribution in [0, 0.1) is 5.92 Å². The van der Waals surface area contributed by atoms with Crippen molar-refractivity contribution in [3.05, 3.63) is 0 Å². The zero-order valence-electron chi connectivity index (χ0n) is 7.67. The molecule has 0 radical (unpaired) electrons. The van der Waals surface area contributed by atoms with Crippen molar-refractivity contribution in [2.24, 2.45) is 5.92 Å². The molecule has 1 saturated heterocycles. The lowest BCUT2D eigenvalue weighted by atomic mass is 9.90. The first-order valence-electron chi connectivity index (χ1n) is 4.44. The van der Waals surface area contributed by atoms with E-state index in [9.17, 15) is 0 Å². The highest BCUT2D eigenvalue weighted by Crippen LogP contribution is 2.25. The Labute approximate surface area is 68.9 Å². The zero-order chi connectivity index (χ0) is 8.27. The number of hydrogen-bond donors (Lipinski definition) is 0. The van der Waals surface area contributed by atoms with Crippen molar-refractivity contribution in [1.29, 1.82) is 0 Å². The fraction of sp³-hybridized carbons (Fsp3) is 1.00. The second kappa shape index (κ2) is 4.07. The number of methoxy groups -OCH3 is 1. The molecule has 11 heavy (non-hydrogen) atoms. The molecule has 2 heteroatoms. The van der Waals surface area contributed by atoms with Gasteiger partial charge in [-0.15, -0.1) is 0 Å². The lowest BCUT2D eigenvalue weighted by Gasteiger charge is -2.34. The second-order valence-corrected chi connectivity index (χ2v) is 3.21. The predicted molar refractivity (Wildman–Crippen MR) is 44.6 cm³/mol. The maximum atomic E-state index is 5.53. The summed E-state index contributed by atoms with van der Waals surface area (Å²) in [6, 6.07) is 0. The number of hydrogen-bond acceptors (Lipinski definition) is 2. The first kappa shape index (κ1) is 9.01. The van der Waals surface area contributed by atoms with Crippen molar-refractivity contribution in [3.63, 3.8) is 0 Å². The Balaban J connectivity index is 2.48. The van der Waals surface area contributed by atoms with E-state index in [0.29, 0.717) is 18.1 Å². The van der Waals surface area contributed by atoms with Crippen molar-refractivity contribution >= 4 is 0 Å². The van der Waals surface area contributed by atoms with Gasteiger partial charge in [0.2, 0.25) is 0 Å². The quantitative estimate of drug-likeness (QED) is 0.610. The minimum atomic E-state index is 0.374. The van der Waals surface area contributed by atoms with Gasteiger partial charge in [-0.05, 0) is 19.8 Å². The molecule has 1 fully saturated rings. The van der Waals surface area contributed by atoms with Crippen molar-refractivity contribution in [1.82, 2.24) is 0 Å². The molecule has 0 aliphatic carbocycles. The highest BCUT2D eigenvalue weighted by molar-refractivity contribution is 4.78. The van der Waals surface area contributed by atoms with E-state index in [1.807, 2.05) is 0 Å². The molecule has 0 spiro atoms. The third-order valence-electron chi connectivity index (χ3n) is 2.64. The summed E-state index contributed by atoms with van der Waals surface area (Å²) in [5.74, 6) is 0.591. The Hall–Kier alpha value is -0.0800. The molecule has 0 aromatic heterocycles. The Morgan fingerprint density at radius 3 is 2.73 bits per heavy atom. The van der Waals surface area contributed by atoms with E-state index in [1.165, 1.54) is 0 Å². The molecule has 1 aliphatic heterocycles. The van der Waals surface area contributed by atoms with Crippen LogP contribution in [0.1, 0.15) is 26.7 Å². The van der Waals surface area contributed by atoms with Crippen LogP contribution < -0.4 is 0 Å². The lowest BCUT2D eigenvalue weighted by molar-refractivity contribution is -0.0985. The molecule has 0 unspecified atom stereocenters. The Morgan fingerprint density at radius 2 is 2.27 bits per heavy atom. The summed E-state index contributed by atoms with van der Waals surface area (Å²) >= 11 is 0. The molecular weight excluding hydrogens is 140 g/mol. The normalized spacial score (nSPS) is 39.0. The number of ether oxygens (including phenoxy) is 2. The maximum absolute atomic E-state index is 5.53. The summed E-state index contributed by atoms with van der Waals surface area (Å²) in [4.78, 5) is 0. The molecule has 0 aromatic rings. The van der Waals surface area contributed by atoms with Gasteiger partial charge in [-0.1, -0.05) is 6.92 Å². The molecule has 0 amide bonds. The van der Waals surface area contributed by atoms with Crippen LogP contribution in [0.15, 0.2) is 0 Å². The van der Waals surface area contributed by atoms with E-state index in [1.54, 1.807) is 7.11 Å². The first-order valence-corrected chi connectivity index (χ1v) is 4.44. The third kappa shape index (κ3) is 1.94. The van der Waals surface area contributed by atoms with E-state index in [4.69, 9.17) is 9.47 Å². The highest BCUT2D eigenvalue weighted by Gasteiger charge is 2.29. The monoisotopic (exact) mass is 158 g/mol. The minimum Gasteiger partial charge on any atom is -0.381 e. The molecule has 2 nitrogen and oxygen atoms in total. The first-order chi connectivity index (χ1) is 5.29. The van der Waals surface area contributed by atoms with Crippen molar-refractivity contribution in [2.75, 3.05) is 13.7 Å². The van der Waals surface area contributed by atoms with Gasteiger partial charge in [-0.25, -0.2) is 0 Å². The van der Waals surface area contributed by atoms with Gasteiger partial charge in [0.1, 0.15) is 0 Å². The Morgan fingerprint density at radius 1 is 1.55 bits per heavy atom. The Bertz CT molecular complexity index is 114. The van der Waals surface area contributed by atoms with Crippen LogP contribution in [0.25, 0.3) is 0 Å². The minimum absolute atomic E-state index is 0.374. The topological polar surface area (TPSA) is 18.5 Å². The summed E-state index contributed by atoms with van der Waals surface area (Å²) in [5.41, 5.74) is 0. The molecule has 0 saturated carbocycles. The van der Waals surface area contributed by atoms with Gasteiger partial charge < -0.3 is 9.47 Å². The van der Waals surface area contributed by atoms with Gasteiger partial charge in [0.15, 0.2) is 0 Å². The van der Waals surface area contributed by atoms with Crippen LogP contribution >= 0.6 is 0 Å². The van der Waals surface area contributed by atoms with E-state index in [-0.39, 0.29) is 0 Å². The van der Waals surface area contributed by atoms with Gasteiger partial charge in [-0.3, -0.25) is 0 Å². The van der Waals surface area contributed by atoms with Crippen molar-refractivity contribution in [3.8, 4) is 0 Å². The summed E-state index contributed by atoms with van der Waals surface area (Å²) in [5, 5.41) is 0. The molecule has 1 heterocycles. The van der Waals surface area contributed by atoms with Crippen LogP contribution in [-0.4, -0.2) is 25.9 Å². The van der Waals surface area contributed by atoms with Gasteiger partial charge in [-0.2, -0.15) is 0 Å². The predicted octanol–water partition coefficient (Wildman–Crippen LogP) is 1.84. The molecule has 0 N–H and O–H groups in total. The smallest absolute Gasteiger partial charge is 0.0646 e. The Kier molecular flexibility index (Phi) is 3.34. The standard InChI is InChI=1S/C9H18O2/c1-4-8-7(2)11-6-5-9(8)10-3/h7-9H,4-6H2,1-3H3/t7-,8+,9-/m0/s1. The fourth-order valence-electron chi connectivity index (χ4n) is 1.90. The summed E-state index contributed by atoms with van der Waals surface area (Å²) in [7, 11) is 1.80. The number of rotatable bonds is 2. The van der Waals surface area contributed by atoms with Crippen molar-refractivity contribution < 1.29 is 9.47 Å². The highest BCUT2D eigenvalue weighted by atomic mass is 16.5. The lowest BCUT2D eigenvalue weighted by Crippen LogP contribution is -2.38. The molecule has 3 atom stereocenters. The van der Waals surface area contributed by atoms with E-state index in [0.717, 1.165) is 19.4 Å². The van der Waals surface area contributed by atoms with Gasteiger partial charge in [0.05, 0.1) is 12.2 Å². The summed E-state index contributed by atoms with van der Waals surface area (Å²) < 4.78 is 10.9. The zero-order valence-corrected chi connectivity index (χ0v) is 7.67. The van der Waals surface area contributed by atoms with Crippen LogP contribution in [0.4, 0.5) is 0 Å². The molecule has 1 aliphatic rings. The molecule has 1 rings (SSSR count). The van der Waals surface area contributed by atoms with Crippen LogP contribution in [0.3, 0.4) is 0 Å². The maximum Gasteiger partial charge on any atom is 0.0646 e. The van der Waals surface area contributed by atoms with Crippen LogP contribution in [-0.2, 0) is 9.47 Å². The van der Waals surface area contributed by atoms with E-state index < -0.39 is 0 Å². The molecule has 0 bridgehead atoms. The largest absolute Gasteiger partial charge is 0.381 e. The van der Waals surface area contributed by atoms with Crippen LogP contribution in [0.2, 0.25) is 0 Å². The third-order valence-corrected chi connectivity index (χ3v) is 2.64. The average Bonchev–Trinajstić information content (AvgIpc) is 2.04. The average molecular weight is 158 g/mol. The summed E-state index contributed by atoms with van der Waals surface area (Å²) in [6.45, 7) is 5.19. The second-order valence-electron chi connectivity index (χ2n) is 3.21. The molecule has 0 aromatic carbocycles. The van der Waals surface area contributed by atoms with Gasteiger partial charge in [0, 0.05) is 19.6 Å². The van der Waals surface area contributed by atoms with E-state index in [2.05, 4.69) is 13.8 Å².